The molecular formula is C23H42N4O5S. The Morgan fingerprint density at radius 1 is 1.24 bits per heavy atom. The van der Waals surface area contributed by atoms with E-state index in [1.165, 1.54) is 6.42 Å². The molecule has 1 aliphatic carbocycles. The van der Waals surface area contributed by atoms with Crippen LogP contribution in [0.1, 0.15) is 89.7 Å². The third kappa shape index (κ3) is 9.72. The number of hydrogen-bond acceptors (Lipinski definition) is 6. The van der Waals surface area contributed by atoms with E-state index in [9.17, 15) is 23.4 Å². The number of aromatic nitrogens is 2. The second-order valence-electron chi connectivity index (χ2n) is 9.30. The first-order valence-electron chi connectivity index (χ1n) is 12.4. The lowest BCUT2D eigenvalue weighted by Crippen LogP contribution is -2.52. The van der Waals surface area contributed by atoms with E-state index in [4.69, 9.17) is 0 Å². The number of carbonyl (C=O) groups excluding carboxylic acids is 1. The molecular weight excluding hydrogens is 444 g/mol. The highest BCUT2D eigenvalue weighted by molar-refractivity contribution is 7.89. The Kier molecular flexibility index (Phi) is 11.8. The van der Waals surface area contributed by atoms with Gasteiger partial charge in [-0.3, -0.25) is 4.79 Å². The van der Waals surface area contributed by atoms with E-state index in [2.05, 4.69) is 20.0 Å². The zero-order chi connectivity index (χ0) is 24.3. The number of amides is 1. The van der Waals surface area contributed by atoms with Crippen LogP contribution in [0.4, 0.5) is 0 Å². The third-order valence-corrected chi connectivity index (χ3v) is 7.99. The van der Waals surface area contributed by atoms with Crippen LogP contribution in [0.25, 0.3) is 0 Å². The van der Waals surface area contributed by atoms with Crippen molar-refractivity contribution in [3.63, 3.8) is 0 Å². The molecule has 4 atom stereocenters. The van der Waals surface area contributed by atoms with E-state index in [-0.39, 0.29) is 18.2 Å². The molecule has 1 aliphatic rings. The first kappa shape index (κ1) is 27.8. The fourth-order valence-corrected chi connectivity index (χ4v) is 5.78. The highest BCUT2D eigenvalue weighted by atomic mass is 32.2. The van der Waals surface area contributed by atoms with Crippen molar-refractivity contribution in [1.29, 1.82) is 0 Å². The Morgan fingerprint density at radius 3 is 2.58 bits per heavy atom. The van der Waals surface area contributed by atoms with E-state index in [0.29, 0.717) is 25.3 Å². The number of H-pyrrole nitrogens is 1. The number of aliphatic hydroxyl groups excluding tert-OH is 2. The summed E-state index contributed by atoms with van der Waals surface area (Å²) in [5.41, 5.74) is 0.807. The van der Waals surface area contributed by atoms with Gasteiger partial charge in [-0.2, -0.15) is 0 Å². The molecule has 0 aliphatic heterocycles. The van der Waals surface area contributed by atoms with Crippen molar-refractivity contribution in [1.82, 2.24) is 20.0 Å². The van der Waals surface area contributed by atoms with Crippen LogP contribution in [0.3, 0.4) is 0 Å². The fourth-order valence-electron chi connectivity index (χ4n) is 4.56. The molecule has 1 aromatic rings. The Morgan fingerprint density at radius 2 is 1.97 bits per heavy atom. The van der Waals surface area contributed by atoms with Crippen molar-refractivity contribution in [2.45, 2.75) is 102 Å². The first-order valence-corrected chi connectivity index (χ1v) is 14.0. The summed E-state index contributed by atoms with van der Waals surface area (Å²) in [7, 11) is -3.73. The summed E-state index contributed by atoms with van der Waals surface area (Å²) < 4.78 is 27.0. The van der Waals surface area contributed by atoms with Gasteiger partial charge >= 0.3 is 0 Å². The maximum atomic E-state index is 12.9. The molecule has 10 heteroatoms. The van der Waals surface area contributed by atoms with Crippen molar-refractivity contribution in [3.05, 3.63) is 18.2 Å². The third-order valence-electron chi connectivity index (χ3n) is 6.57. The van der Waals surface area contributed by atoms with E-state index in [1.807, 2.05) is 13.8 Å². The second-order valence-corrected chi connectivity index (χ2v) is 11.2. The van der Waals surface area contributed by atoms with E-state index < -0.39 is 34.0 Å². The largest absolute Gasteiger partial charge is 0.389 e. The van der Waals surface area contributed by atoms with Gasteiger partial charge in [0.1, 0.15) is 6.10 Å². The van der Waals surface area contributed by atoms with Gasteiger partial charge in [0.15, 0.2) is 0 Å². The molecule has 1 fully saturated rings. The molecule has 2 rings (SSSR count). The smallest absolute Gasteiger partial charge is 0.220 e. The Labute approximate surface area is 198 Å². The number of rotatable bonds is 15. The standard InChI is InChI=1S/C23H42N4O5S/c1-3-5-11-26-33(31,32)15-21(28)23(30)19(12-17-9-7-6-8-10-17)27-22(29)13-18(4-2)20-14-24-16-25-20/h14,16-19,21,23,26,28,30H,3-13,15H2,1-2H3,(H,24,25)(H,27,29)/t18?,19-,21-,23+/m0/s1. The molecule has 0 spiro atoms. The molecule has 1 amide bonds. The Hall–Kier alpha value is -1.49. The predicted octanol–water partition coefficient (Wildman–Crippen LogP) is 2.19. The monoisotopic (exact) mass is 486 g/mol. The first-order chi connectivity index (χ1) is 15.8. The average molecular weight is 487 g/mol. The molecule has 1 aromatic heterocycles. The van der Waals surface area contributed by atoms with Crippen molar-refractivity contribution in [2.24, 2.45) is 5.92 Å². The van der Waals surface area contributed by atoms with E-state index >= 15 is 0 Å². The lowest BCUT2D eigenvalue weighted by Gasteiger charge is -2.32. The molecule has 1 heterocycles. The molecule has 33 heavy (non-hydrogen) atoms. The van der Waals surface area contributed by atoms with Gasteiger partial charge in [0, 0.05) is 25.1 Å². The van der Waals surface area contributed by atoms with E-state index in [1.54, 1.807) is 12.5 Å². The zero-order valence-electron chi connectivity index (χ0n) is 20.0. The van der Waals surface area contributed by atoms with E-state index in [0.717, 1.165) is 44.2 Å². The minimum atomic E-state index is -3.73. The molecule has 0 aromatic carbocycles. The summed E-state index contributed by atoms with van der Waals surface area (Å²) in [6, 6.07) is -0.710. The number of nitrogens with one attached hydrogen (secondary N) is 3. The van der Waals surface area contributed by atoms with Crippen LogP contribution in [0, 0.1) is 5.92 Å². The zero-order valence-corrected chi connectivity index (χ0v) is 20.8. The predicted molar refractivity (Wildman–Crippen MR) is 128 cm³/mol. The van der Waals surface area contributed by atoms with Crippen LogP contribution in [0.15, 0.2) is 12.5 Å². The Balaban J connectivity index is 2.04. The average Bonchev–Trinajstić information content (AvgIpc) is 3.31. The molecule has 0 radical (unpaired) electrons. The van der Waals surface area contributed by atoms with Gasteiger partial charge in [0.25, 0.3) is 0 Å². The number of aromatic amines is 1. The number of nitrogens with zero attached hydrogens (tertiary/aromatic N) is 1. The van der Waals surface area contributed by atoms with Crippen LogP contribution in [-0.4, -0.2) is 65.1 Å². The van der Waals surface area contributed by atoms with Crippen LogP contribution >= 0.6 is 0 Å². The van der Waals surface area contributed by atoms with Crippen LogP contribution in [0.2, 0.25) is 0 Å². The summed E-state index contributed by atoms with van der Waals surface area (Å²) in [4.78, 5) is 20.0. The van der Waals surface area contributed by atoms with Gasteiger partial charge in [-0.15, -0.1) is 0 Å². The normalized spacial score (nSPS) is 19.0. The number of aliphatic hydroxyl groups is 2. The summed E-state index contributed by atoms with van der Waals surface area (Å²) in [6.07, 6.45) is 8.92. The topological polar surface area (TPSA) is 144 Å². The van der Waals surface area contributed by atoms with Crippen LogP contribution < -0.4 is 10.0 Å². The molecule has 190 valence electrons. The summed E-state index contributed by atoms with van der Waals surface area (Å²) >= 11 is 0. The number of imidazole rings is 1. The molecule has 9 nitrogen and oxygen atoms in total. The summed E-state index contributed by atoms with van der Waals surface area (Å²) in [6.45, 7) is 4.25. The van der Waals surface area contributed by atoms with Gasteiger partial charge < -0.3 is 20.5 Å². The van der Waals surface area contributed by atoms with Gasteiger partial charge in [-0.1, -0.05) is 52.4 Å². The minimum Gasteiger partial charge on any atom is -0.389 e. The molecule has 1 saturated carbocycles. The van der Waals surface area contributed by atoms with Crippen LogP contribution in [0.5, 0.6) is 0 Å². The number of sulfonamides is 1. The second kappa shape index (κ2) is 14.0. The SMILES string of the molecule is CCCCNS(=O)(=O)C[C@H](O)[C@H](O)[C@H](CC1CCCCC1)NC(=O)CC(CC)c1c[nH]cn1. The highest BCUT2D eigenvalue weighted by Gasteiger charge is 2.33. The molecule has 0 saturated heterocycles. The Bertz CT molecular complexity index is 781. The highest BCUT2D eigenvalue weighted by Crippen LogP contribution is 2.29. The fraction of sp³-hybridized carbons (Fsp3) is 0.826. The summed E-state index contributed by atoms with van der Waals surface area (Å²) in [5.74, 6) is -0.559. The van der Waals surface area contributed by atoms with Crippen molar-refractivity contribution in [3.8, 4) is 0 Å². The van der Waals surface area contributed by atoms with Crippen molar-refractivity contribution in [2.75, 3.05) is 12.3 Å². The maximum absolute atomic E-state index is 12.9. The number of carbonyl (C=O) groups is 1. The lowest BCUT2D eigenvalue weighted by atomic mass is 9.83. The minimum absolute atomic E-state index is 0.0585. The number of unbranched alkanes of at least 4 members (excludes halogenated alkanes) is 1. The van der Waals surface area contributed by atoms with Gasteiger partial charge in [-0.25, -0.2) is 18.1 Å². The van der Waals surface area contributed by atoms with Crippen LogP contribution in [-0.2, 0) is 14.8 Å². The van der Waals surface area contributed by atoms with Gasteiger partial charge in [0.2, 0.25) is 15.9 Å². The van der Waals surface area contributed by atoms with Gasteiger partial charge in [-0.05, 0) is 25.2 Å². The molecule has 5 N–H and O–H groups in total. The maximum Gasteiger partial charge on any atom is 0.220 e. The quantitative estimate of drug-likeness (QED) is 0.240. The lowest BCUT2D eigenvalue weighted by molar-refractivity contribution is -0.124. The van der Waals surface area contributed by atoms with Crippen molar-refractivity contribution >= 4 is 15.9 Å². The molecule has 0 bridgehead atoms. The molecule has 1 unspecified atom stereocenters. The van der Waals surface area contributed by atoms with Gasteiger partial charge in [0.05, 0.1) is 29.9 Å². The number of hydrogen-bond donors (Lipinski definition) is 5. The summed E-state index contributed by atoms with van der Waals surface area (Å²) in [5, 5.41) is 24.4. The van der Waals surface area contributed by atoms with Crippen molar-refractivity contribution < 1.29 is 23.4 Å².